The van der Waals surface area contributed by atoms with Crippen LogP contribution in [0, 0.1) is 3.57 Å². The van der Waals surface area contributed by atoms with Gasteiger partial charge in [-0.25, -0.2) is 0 Å². The lowest BCUT2D eigenvalue weighted by Gasteiger charge is -2.04. The summed E-state index contributed by atoms with van der Waals surface area (Å²) in [5.74, 6) is 0.156. The maximum absolute atomic E-state index is 12.0. The Labute approximate surface area is 173 Å². The Balaban J connectivity index is 1.58. The number of nitrogens with zero attached hydrogens (tertiary/aromatic N) is 2. The predicted octanol–water partition coefficient (Wildman–Crippen LogP) is 4.03. The summed E-state index contributed by atoms with van der Waals surface area (Å²) in [6.07, 6.45) is 0. The fourth-order valence-electron chi connectivity index (χ4n) is 2.18. The molecule has 1 heterocycles. The first-order chi connectivity index (χ1) is 13.0. The van der Waals surface area contributed by atoms with Crippen molar-refractivity contribution in [1.29, 1.82) is 0 Å². The number of thioether (sulfide) groups is 1. The van der Waals surface area contributed by atoms with Gasteiger partial charge in [0.25, 0.3) is 5.22 Å². The fraction of sp³-hybridized carbons (Fsp3) is 0.111. The maximum Gasteiger partial charge on any atom is 0.277 e. The van der Waals surface area contributed by atoms with Crippen LogP contribution in [0.3, 0.4) is 0 Å². The second-order valence-corrected chi connectivity index (χ2v) is 7.65. The topological polar surface area (TPSA) is 97.1 Å². The normalized spacial score (nSPS) is 10.4. The van der Waals surface area contributed by atoms with Gasteiger partial charge in [0.15, 0.2) is 0 Å². The lowest BCUT2D eigenvalue weighted by Crippen LogP contribution is -2.13. The third kappa shape index (κ3) is 5.79. The lowest BCUT2D eigenvalue weighted by atomic mass is 10.2. The van der Waals surface area contributed by atoms with E-state index in [4.69, 9.17) is 4.42 Å². The van der Waals surface area contributed by atoms with Crippen LogP contribution in [0.25, 0.3) is 11.5 Å². The largest absolute Gasteiger partial charge is 0.411 e. The van der Waals surface area contributed by atoms with Crippen LogP contribution in [0.5, 0.6) is 0 Å². The molecule has 0 fully saturated rings. The minimum Gasteiger partial charge on any atom is -0.411 e. The first kappa shape index (κ1) is 19.4. The van der Waals surface area contributed by atoms with Crippen LogP contribution >= 0.6 is 34.4 Å². The molecular formula is C18H15IN4O3S. The van der Waals surface area contributed by atoms with Crippen LogP contribution in [0.2, 0.25) is 0 Å². The van der Waals surface area contributed by atoms with Gasteiger partial charge in [0.05, 0.1) is 5.75 Å². The first-order valence-electron chi connectivity index (χ1n) is 7.89. The van der Waals surface area contributed by atoms with Gasteiger partial charge in [0.2, 0.25) is 17.7 Å². The number of rotatable bonds is 6. The van der Waals surface area contributed by atoms with Crippen molar-refractivity contribution in [3.63, 3.8) is 0 Å². The average Bonchev–Trinajstić information content (AvgIpc) is 3.11. The molecule has 0 unspecified atom stereocenters. The molecule has 9 heteroatoms. The van der Waals surface area contributed by atoms with Crippen LogP contribution < -0.4 is 10.6 Å². The highest BCUT2D eigenvalue weighted by atomic mass is 127. The van der Waals surface area contributed by atoms with Crippen molar-refractivity contribution in [1.82, 2.24) is 10.2 Å². The molecule has 0 aliphatic heterocycles. The van der Waals surface area contributed by atoms with Crippen LogP contribution in [-0.4, -0.2) is 27.8 Å². The van der Waals surface area contributed by atoms with Gasteiger partial charge in [0, 0.05) is 27.4 Å². The minimum absolute atomic E-state index is 0.152. The quantitative estimate of drug-likeness (QED) is 0.397. The van der Waals surface area contributed by atoms with Crippen LogP contribution in [-0.2, 0) is 9.59 Å². The van der Waals surface area contributed by atoms with E-state index >= 15 is 0 Å². The molecule has 2 aromatic carbocycles. The number of amides is 2. The summed E-state index contributed by atoms with van der Waals surface area (Å²) < 4.78 is 6.69. The number of benzene rings is 2. The molecule has 0 saturated carbocycles. The Bertz CT molecular complexity index is 959. The van der Waals surface area contributed by atoms with Crippen LogP contribution in [0.15, 0.2) is 58.2 Å². The summed E-state index contributed by atoms with van der Waals surface area (Å²) in [5.41, 5.74) is 2.07. The minimum atomic E-state index is -0.159. The molecule has 0 spiro atoms. The van der Waals surface area contributed by atoms with Gasteiger partial charge in [-0.15, -0.1) is 10.2 Å². The number of carbonyl (C=O) groups is 2. The van der Waals surface area contributed by atoms with E-state index in [-0.39, 0.29) is 17.6 Å². The second kappa shape index (κ2) is 9.00. The molecule has 0 radical (unpaired) electrons. The van der Waals surface area contributed by atoms with Gasteiger partial charge in [0.1, 0.15) is 0 Å². The zero-order chi connectivity index (χ0) is 19.2. The molecule has 2 N–H and O–H groups in total. The van der Waals surface area contributed by atoms with Crippen molar-refractivity contribution in [2.45, 2.75) is 12.1 Å². The van der Waals surface area contributed by atoms with Gasteiger partial charge >= 0.3 is 0 Å². The number of hydrogen-bond acceptors (Lipinski definition) is 6. The van der Waals surface area contributed by atoms with E-state index < -0.39 is 0 Å². The number of nitrogens with one attached hydrogen (secondary N) is 2. The van der Waals surface area contributed by atoms with Gasteiger partial charge < -0.3 is 15.1 Å². The van der Waals surface area contributed by atoms with Crippen molar-refractivity contribution < 1.29 is 14.0 Å². The number of anilines is 2. The Morgan fingerprint density at radius 3 is 2.59 bits per heavy atom. The number of aromatic nitrogens is 2. The smallest absolute Gasteiger partial charge is 0.277 e. The number of carbonyl (C=O) groups excluding carboxylic acids is 2. The first-order valence-corrected chi connectivity index (χ1v) is 9.96. The SMILES string of the molecule is CC(=O)Nc1cccc(-c2nnc(SCC(=O)Nc3ccc(I)cc3)o2)c1. The van der Waals surface area contributed by atoms with Crippen molar-refractivity contribution in [3.05, 3.63) is 52.1 Å². The standard InChI is InChI=1S/C18H15IN4O3S/c1-11(24)20-15-4-2-3-12(9-15)17-22-23-18(26-17)27-10-16(25)21-14-7-5-13(19)6-8-14/h2-9H,10H2,1H3,(H,20,24)(H,21,25). The van der Waals surface area contributed by atoms with Gasteiger partial charge in [-0.2, -0.15) is 0 Å². The van der Waals surface area contributed by atoms with Crippen molar-refractivity contribution >= 4 is 57.5 Å². The number of hydrogen-bond donors (Lipinski definition) is 2. The maximum atomic E-state index is 12.0. The van der Waals surface area contributed by atoms with Gasteiger partial charge in [-0.05, 0) is 65.1 Å². The lowest BCUT2D eigenvalue weighted by molar-refractivity contribution is -0.114. The van der Waals surface area contributed by atoms with E-state index in [1.165, 1.54) is 6.92 Å². The van der Waals surface area contributed by atoms with E-state index in [1.54, 1.807) is 24.3 Å². The molecule has 0 atom stereocenters. The van der Waals surface area contributed by atoms with E-state index in [2.05, 4.69) is 43.4 Å². The van der Waals surface area contributed by atoms with Crippen molar-refractivity contribution in [2.75, 3.05) is 16.4 Å². The van der Waals surface area contributed by atoms with Crippen molar-refractivity contribution in [2.24, 2.45) is 0 Å². The molecule has 3 aromatic rings. The summed E-state index contributed by atoms with van der Waals surface area (Å²) in [7, 11) is 0. The molecule has 3 rings (SSSR count). The zero-order valence-electron chi connectivity index (χ0n) is 14.2. The third-order valence-corrected chi connectivity index (χ3v) is 4.83. The Morgan fingerprint density at radius 1 is 1.07 bits per heavy atom. The highest BCUT2D eigenvalue weighted by molar-refractivity contribution is 14.1. The molecular weight excluding hydrogens is 479 g/mol. The molecule has 27 heavy (non-hydrogen) atoms. The van der Waals surface area contributed by atoms with Crippen LogP contribution in [0.1, 0.15) is 6.92 Å². The zero-order valence-corrected chi connectivity index (χ0v) is 17.2. The molecule has 1 aromatic heterocycles. The summed E-state index contributed by atoms with van der Waals surface area (Å²) in [4.78, 5) is 23.2. The highest BCUT2D eigenvalue weighted by Crippen LogP contribution is 2.25. The Kier molecular flexibility index (Phi) is 6.45. The van der Waals surface area contributed by atoms with E-state index in [1.807, 2.05) is 24.3 Å². The molecule has 0 aliphatic carbocycles. The monoisotopic (exact) mass is 494 g/mol. The summed E-state index contributed by atoms with van der Waals surface area (Å²) in [5, 5.41) is 13.8. The predicted molar refractivity (Wildman–Crippen MR) is 113 cm³/mol. The molecule has 7 nitrogen and oxygen atoms in total. The second-order valence-electron chi connectivity index (χ2n) is 5.48. The fourth-order valence-corrected chi connectivity index (χ4v) is 3.10. The van der Waals surface area contributed by atoms with E-state index in [0.717, 1.165) is 21.0 Å². The highest BCUT2D eigenvalue weighted by Gasteiger charge is 2.12. The summed E-state index contributed by atoms with van der Waals surface area (Å²) in [6, 6.07) is 14.6. The molecule has 0 bridgehead atoms. The Morgan fingerprint density at radius 2 is 1.85 bits per heavy atom. The Hall–Kier alpha value is -2.40. The molecule has 0 saturated heterocycles. The van der Waals surface area contributed by atoms with Gasteiger partial charge in [-0.3, -0.25) is 9.59 Å². The molecule has 2 amide bonds. The summed E-state index contributed by atoms with van der Waals surface area (Å²) in [6.45, 7) is 1.44. The average molecular weight is 494 g/mol. The third-order valence-electron chi connectivity index (χ3n) is 3.29. The van der Waals surface area contributed by atoms with E-state index in [9.17, 15) is 9.59 Å². The number of halogens is 1. The summed E-state index contributed by atoms with van der Waals surface area (Å²) >= 11 is 3.36. The molecule has 138 valence electrons. The van der Waals surface area contributed by atoms with E-state index in [0.29, 0.717) is 22.4 Å². The van der Waals surface area contributed by atoms with Crippen molar-refractivity contribution in [3.8, 4) is 11.5 Å². The van der Waals surface area contributed by atoms with Crippen LogP contribution in [0.4, 0.5) is 11.4 Å². The molecule has 0 aliphatic rings. The van der Waals surface area contributed by atoms with Gasteiger partial charge in [-0.1, -0.05) is 17.8 Å².